The maximum atomic E-state index is 12.4. The third kappa shape index (κ3) is 3.96. The van der Waals surface area contributed by atoms with Crippen LogP contribution in [0.25, 0.3) is 0 Å². The number of amides is 5. The number of carboxylic acid groups (broad SMARTS) is 1. The molecule has 0 spiro atoms. The van der Waals surface area contributed by atoms with Crippen LogP contribution >= 0.6 is 0 Å². The second-order valence-electron chi connectivity index (χ2n) is 6.77. The van der Waals surface area contributed by atoms with Gasteiger partial charge >= 0.3 is 18.0 Å². The number of aliphatic carboxylic acids is 1. The Kier molecular flexibility index (Phi) is 5.10. The number of imide groups is 2. The second kappa shape index (κ2) is 6.92. The SMILES string of the molecule is CC(C)(C)C(=O)N1CCN(C(=O)NC(C(=O)O)c2ccccc2)C1=O. The van der Waals surface area contributed by atoms with E-state index in [1.54, 1.807) is 51.1 Å². The topological polar surface area (TPSA) is 107 Å². The van der Waals surface area contributed by atoms with Crippen molar-refractivity contribution in [2.24, 2.45) is 5.41 Å². The van der Waals surface area contributed by atoms with Crippen molar-refractivity contribution in [3.05, 3.63) is 35.9 Å². The van der Waals surface area contributed by atoms with Crippen LogP contribution in [0.5, 0.6) is 0 Å². The van der Waals surface area contributed by atoms with Crippen LogP contribution in [0.15, 0.2) is 30.3 Å². The van der Waals surface area contributed by atoms with Crippen LogP contribution < -0.4 is 5.32 Å². The van der Waals surface area contributed by atoms with Crippen molar-refractivity contribution >= 4 is 23.9 Å². The molecule has 0 bridgehead atoms. The highest BCUT2D eigenvalue weighted by molar-refractivity contribution is 6.05. The fourth-order valence-corrected chi connectivity index (χ4v) is 2.45. The third-order valence-corrected chi connectivity index (χ3v) is 3.79. The number of carboxylic acids is 1. The van der Waals surface area contributed by atoms with Gasteiger partial charge in [-0.25, -0.2) is 19.3 Å². The van der Waals surface area contributed by atoms with Gasteiger partial charge in [0.25, 0.3) is 0 Å². The van der Waals surface area contributed by atoms with E-state index in [-0.39, 0.29) is 19.0 Å². The lowest BCUT2D eigenvalue weighted by Gasteiger charge is -2.24. The molecule has 2 rings (SSSR count). The number of carbonyl (C=O) groups excluding carboxylic acids is 3. The number of rotatable bonds is 3. The quantitative estimate of drug-likeness (QED) is 0.867. The van der Waals surface area contributed by atoms with Crippen LogP contribution in [-0.4, -0.2) is 51.9 Å². The minimum Gasteiger partial charge on any atom is -0.479 e. The fourth-order valence-electron chi connectivity index (χ4n) is 2.45. The van der Waals surface area contributed by atoms with E-state index >= 15 is 0 Å². The predicted molar refractivity (Wildman–Crippen MR) is 88.6 cm³/mol. The molecular formula is C17H21N3O5. The Bertz CT molecular complexity index is 696. The zero-order valence-corrected chi connectivity index (χ0v) is 14.4. The van der Waals surface area contributed by atoms with Crippen molar-refractivity contribution < 1.29 is 24.3 Å². The summed E-state index contributed by atoms with van der Waals surface area (Å²) in [6.45, 7) is 5.16. The Morgan fingerprint density at radius 2 is 1.64 bits per heavy atom. The van der Waals surface area contributed by atoms with Crippen molar-refractivity contribution in [1.29, 1.82) is 0 Å². The van der Waals surface area contributed by atoms with Gasteiger partial charge in [0.1, 0.15) is 0 Å². The maximum absolute atomic E-state index is 12.4. The van der Waals surface area contributed by atoms with Gasteiger partial charge in [-0.3, -0.25) is 9.69 Å². The van der Waals surface area contributed by atoms with Crippen LogP contribution in [0.4, 0.5) is 9.59 Å². The summed E-state index contributed by atoms with van der Waals surface area (Å²) in [5.74, 6) is -1.63. The van der Waals surface area contributed by atoms with Crippen molar-refractivity contribution in [2.45, 2.75) is 26.8 Å². The first-order chi connectivity index (χ1) is 11.6. The molecule has 0 aliphatic carbocycles. The molecule has 1 heterocycles. The highest BCUT2D eigenvalue weighted by Gasteiger charge is 2.41. The number of nitrogens with zero attached hydrogens (tertiary/aromatic N) is 2. The van der Waals surface area contributed by atoms with Crippen LogP contribution in [0.2, 0.25) is 0 Å². The number of urea groups is 2. The molecule has 1 aromatic rings. The summed E-state index contributed by atoms with van der Waals surface area (Å²) in [5.41, 5.74) is -0.367. The molecule has 1 unspecified atom stereocenters. The molecule has 1 atom stereocenters. The van der Waals surface area contributed by atoms with Gasteiger partial charge in [-0.1, -0.05) is 51.1 Å². The molecular weight excluding hydrogens is 326 g/mol. The minimum absolute atomic E-state index is 0.0214. The van der Waals surface area contributed by atoms with Gasteiger partial charge in [0.05, 0.1) is 6.54 Å². The van der Waals surface area contributed by atoms with Gasteiger partial charge in [-0.15, -0.1) is 0 Å². The summed E-state index contributed by atoms with van der Waals surface area (Å²) >= 11 is 0. The lowest BCUT2D eigenvalue weighted by Crippen LogP contribution is -2.47. The van der Waals surface area contributed by atoms with Gasteiger partial charge in [0.2, 0.25) is 5.91 Å². The zero-order valence-electron chi connectivity index (χ0n) is 14.4. The number of nitrogens with one attached hydrogen (secondary N) is 1. The van der Waals surface area contributed by atoms with Gasteiger partial charge in [0, 0.05) is 12.0 Å². The number of benzene rings is 1. The Balaban J connectivity index is 2.12. The summed E-state index contributed by atoms with van der Waals surface area (Å²) in [6, 6.07) is 5.31. The van der Waals surface area contributed by atoms with Crippen LogP contribution in [0.3, 0.4) is 0 Å². The average Bonchev–Trinajstić information content (AvgIpc) is 2.92. The van der Waals surface area contributed by atoms with E-state index < -0.39 is 29.5 Å². The van der Waals surface area contributed by atoms with E-state index in [0.717, 1.165) is 9.80 Å². The highest BCUT2D eigenvalue weighted by atomic mass is 16.4. The molecule has 1 aromatic carbocycles. The lowest BCUT2D eigenvalue weighted by molar-refractivity contribution is -0.139. The van der Waals surface area contributed by atoms with Gasteiger partial charge in [0.15, 0.2) is 6.04 Å². The van der Waals surface area contributed by atoms with E-state index in [0.29, 0.717) is 5.56 Å². The first-order valence-electron chi connectivity index (χ1n) is 7.84. The average molecular weight is 347 g/mol. The van der Waals surface area contributed by atoms with Crippen LogP contribution in [0.1, 0.15) is 32.4 Å². The van der Waals surface area contributed by atoms with E-state index in [1.165, 1.54) is 0 Å². The molecule has 25 heavy (non-hydrogen) atoms. The molecule has 8 heteroatoms. The molecule has 1 fully saturated rings. The smallest absolute Gasteiger partial charge is 0.334 e. The molecule has 1 saturated heterocycles. The molecule has 2 N–H and O–H groups in total. The monoisotopic (exact) mass is 347 g/mol. The predicted octanol–water partition coefficient (Wildman–Crippen LogP) is 1.83. The summed E-state index contributed by atoms with van der Waals surface area (Å²) in [4.78, 5) is 50.3. The molecule has 5 amide bonds. The van der Waals surface area contributed by atoms with Gasteiger partial charge < -0.3 is 10.4 Å². The molecule has 0 saturated carbocycles. The van der Waals surface area contributed by atoms with Gasteiger partial charge in [-0.2, -0.15) is 0 Å². The first-order valence-corrected chi connectivity index (χ1v) is 7.84. The summed E-state index contributed by atoms with van der Waals surface area (Å²) in [6.07, 6.45) is 0. The number of hydrogen-bond acceptors (Lipinski definition) is 4. The highest BCUT2D eigenvalue weighted by Crippen LogP contribution is 2.22. The Morgan fingerprint density at radius 1 is 1.08 bits per heavy atom. The van der Waals surface area contributed by atoms with Crippen molar-refractivity contribution in [1.82, 2.24) is 15.1 Å². The molecule has 0 aromatic heterocycles. The fraction of sp³-hybridized carbons (Fsp3) is 0.412. The second-order valence-corrected chi connectivity index (χ2v) is 6.77. The van der Waals surface area contributed by atoms with E-state index in [9.17, 15) is 24.3 Å². The van der Waals surface area contributed by atoms with E-state index in [2.05, 4.69) is 5.32 Å². The number of carbonyl (C=O) groups is 4. The summed E-state index contributed by atoms with van der Waals surface area (Å²) < 4.78 is 0. The third-order valence-electron chi connectivity index (χ3n) is 3.79. The summed E-state index contributed by atoms with van der Waals surface area (Å²) in [7, 11) is 0. The van der Waals surface area contributed by atoms with E-state index in [1.807, 2.05) is 0 Å². The normalized spacial score (nSPS) is 15.9. The minimum atomic E-state index is -1.28. The zero-order chi connectivity index (χ0) is 18.8. The Labute approximate surface area is 145 Å². The van der Waals surface area contributed by atoms with Crippen molar-refractivity contribution in [2.75, 3.05) is 13.1 Å². The van der Waals surface area contributed by atoms with Crippen LogP contribution in [-0.2, 0) is 9.59 Å². The first kappa shape index (κ1) is 18.4. The van der Waals surface area contributed by atoms with Crippen LogP contribution in [0, 0.1) is 5.41 Å². The van der Waals surface area contributed by atoms with E-state index in [4.69, 9.17) is 0 Å². The summed E-state index contributed by atoms with van der Waals surface area (Å²) in [5, 5.41) is 11.7. The standard InChI is InChI=1S/C17H21N3O5/c1-17(2,3)14(23)19-9-10-20(16(19)25)15(24)18-12(13(21)22)11-7-5-4-6-8-11/h4-8,12H,9-10H2,1-3H3,(H,18,24)(H,21,22). The molecule has 8 nitrogen and oxygen atoms in total. The molecule has 134 valence electrons. The molecule has 1 aliphatic rings. The Hall–Kier alpha value is -2.90. The largest absolute Gasteiger partial charge is 0.479 e. The lowest BCUT2D eigenvalue weighted by atomic mass is 9.95. The molecule has 0 radical (unpaired) electrons. The Morgan fingerprint density at radius 3 is 2.16 bits per heavy atom. The van der Waals surface area contributed by atoms with Gasteiger partial charge in [-0.05, 0) is 5.56 Å². The maximum Gasteiger partial charge on any atom is 0.334 e. The van der Waals surface area contributed by atoms with Crippen molar-refractivity contribution in [3.63, 3.8) is 0 Å². The number of hydrogen-bond donors (Lipinski definition) is 2. The molecule has 1 aliphatic heterocycles. The van der Waals surface area contributed by atoms with Crippen molar-refractivity contribution in [3.8, 4) is 0 Å².